The molecule has 5 amide bonds. The van der Waals surface area contributed by atoms with Crippen LogP contribution in [0.1, 0.15) is 157 Å². The van der Waals surface area contributed by atoms with Gasteiger partial charge in [-0.2, -0.15) is 13.2 Å². The molecule has 0 unspecified atom stereocenters. The van der Waals surface area contributed by atoms with Crippen LogP contribution in [-0.4, -0.2) is 204 Å². The van der Waals surface area contributed by atoms with Gasteiger partial charge in [-0.15, -0.1) is 16.9 Å². The molecule has 628 valence electrons. The minimum Gasteiger partial charge on any atom is -0.491 e. The Morgan fingerprint density at radius 1 is 0.802 bits per heavy atom. The van der Waals surface area contributed by atoms with E-state index in [4.69, 9.17) is 30.5 Å². The lowest BCUT2D eigenvalue weighted by molar-refractivity contribution is -0.150. The normalized spacial score (nSPS) is 20.6. The Morgan fingerprint density at radius 3 is 2.27 bits per heavy atom. The number of ether oxygens (including phenoxy) is 4. The fourth-order valence-corrected chi connectivity index (χ4v) is 19.6. The predicted octanol–water partition coefficient (Wildman–Crippen LogP) is 11.8. The van der Waals surface area contributed by atoms with Crippen LogP contribution in [0.15, 0.2) is 142 Å². The third-order valence-corrected chi connectivity index (χ3v) is 27.4. The quantitative estimate of drug-likeness (QED) is 0.0185. The maximum Gasteiger partial charge on any atom is 0.501 e. The van der Waals surface area contributed by atoms with E-state index in [0.29, 0.717) is 120 Å². The number of hydrogen-bond acceptors (Lipinski definition) is 20. The smallest absolute Gasteiger partial charge is 0.491 e. The van der Waals surface area contributed by atoms with Gasteiger partial charge in [0.15, 0.2) is 0 Å². The first-order chi connectivity index (χ1) is 55.4. The lowest BCUT2D eigenvalue weighted by Crippen LogP contribution is -2.58. The van der Waals surface area contributed by atoms with Crippen LogP contribution in [0.4, 0.5) is 24.5 Å². The van der Waals surface area contributed by atoms with Gasteiger partial charge in [0.2, 0.25) is 23.6 Å². The summed E-state index contributed by atoms with van der Waals surface area (Å²) in [6, 6.07) is 29.1. The first-order valence-corrected chi connectivity index (χ1v) is 44.5. The van der Waals surface area contributed by atoms with E-state index in [-0.39, 0.29) is 66.0 Å². The fraction of sp³-hybridized carbons (Fsp3) is 0.536. The molecule has 6 atom stereocenters. The summed E-state index contributed by atoms with van der Waals surface area (Å²) >= 11 is 7.65. The van der Waals surface area contributed by atoms with Gasteiger partial charge in [-0.05, 0) is 209 Å². The van der Waals surface area contributed by atoms with E-state index in [2.05, 4.69) is 67.4 Å². The Morgan fingerprint density at radius 2 is 1.53 bits per heavy atom. The van der Waals surface area contributed by atoms with E-state index in [1.165, 1.54) is 40.6 Å². The number of halogens is 4. The largest absolute Gasteiger partial charge is 0.501 e. The lowest BCUT2D eigenvalue weighted by atomic mass is 9.70. The Balaban J connectivity index is 0.557. The highest BCUT2D eigenvalue weighted by molar-refractivity contribution is 7.99. The zero-order valence-corrected chi connectivity index (χ0v) is 70.0. The molecule has 5 aromatic carbocycles. The number of rotatable bonds is 34. The molecule has 2 aliphatic carbocycles. The van der Waals surface area contributed by atoms with Crippen molar-refractivity contribution >= 4 is 89.7 Å². The summed E-state index contributed by atoms with van der Waals surface area (Å²) in [5.74, 6) is -0.504. The van der Waals surface area contributed by atoms with E-state index >= 15 is 0 Å². The van der Waals surface area contributed by atoms with Crippen LogP contribution in [0.3, 0.4) is 0 Å². The number of piperazine rings is 1. The highest BCUT2D eigenvalue weighted by atomic mass is 35.5. The summed E-state index contributed by atoms with van der Waals surface area (Å²) in [4.78, 5) is 74.6. The zero-order valence-electron chi connectivity index (χ0n) is 66.8. The average molecular weight is 1680 g/mol. The Kier molecular flexibility index (Phi) is 29.1. The first kappa shape index (κ1) is 87.2. The van der Waals surface area contributed by atoms with Gasteiger partial charge in [0.05, 0.1) is 61.9 Å². The Hall–Kier alpha value is -8.14. The number of aryl methyl sites for hydroxylation is 2. The fourth-order valence-electron chi connectivity index (χ4n) is 16.5. The van der Waals surface area contributed by atoms with E-state index < -0.39 is 82.6 Å². The topological polar surface area (TPSA) is 294 Å². The maximum atomic E-state index is 14.6. The van der Waals surface area contributed by atoms with Crippen LogP contribution in [0.5, 0.6) is 5.75 Å². The summed E-state index contributed by atoms with van der Waals surface area (Å²) in [5.41, 5.74) is 1.02. The van der Waals surface area contributed by atoms with Crippen LogP contribution in [0, 0.1) is 16.7 Å². The van der Waals surface area contributed by atoms with Crippen molar-refractivity contribution in [3.8, 4) is 5.75 Å². The van der Waals surface area contributed by atoms with Crippen molar-refractivity contribution in [3.05, 3.63) is 160 Å². The summed E-state index contributed by atoms with van der Waals surface area (Å²) in [7, 11) is -9.43. The molecule has 0 radical (unpaired) electrons. The summed E-state index contributed by atoms with van der Waals surface area (Å²) in [5, 5.41) is 21.2. The number of carbonyl (C=O) groups is 5. The number of hydrogen-bond donors (Lipinski definition) is 5. The van der Waals surface area contributed by atoms with Crippen molar-refractivity contribution in [1.82, 2.24) is 50.4 Å². The van der Waals surface area contributed by atoms with Crippen LogP contribution >= 0.6 is 23.4 Å². The zero-order chi connectivity index (χ0) is 82.5. The number of anilines is 2. The summed E-state index contributed by atoms with van der Waals surface area (Å²) in [6.07, 6.45) is 11.6. The molecule has 0 saturated carbocycles. The molecular weight excluding hydrogens is 1570 g/mol. The number of alkyl halides is 3. The average Bonchev–Trinajstić information content (AvgIpc) is 1.50. The number of sulfone groups is 1. The molecule has 0 spiro atoms. The molecule has 116 heavy (non-hydrogen) atoms. The number of thioether (sulfide) groups is 1. The number of sulfonamides is 1. The van der Waals surface area contributed by atoms with Crippen LogP contribution < -0.4 is 35.6 Å². The molecule has 12 rings (SSSR count). The number of piperidine rings is 1. The summed E-state index contributed by atoms with van der Waals surface area (Å²) in [6.45, 7) is 16.3. The molecule has 5 heterocycles. The Bertz CT molecular complexity index is 4680. The van der Waals surface area contributed by atoms with Gasteiger partial charge in [-0.3, -0.25) is 33.6 Å². The van der Waals surface area contributed by atoms with E-state index in [1.807, 2.05) is 79.2 Å². The number of benzene rings is 5. The third kappa shape index (κ3) is 22.4. The standard InChI is InChI=1S/C84H108ClF3N12O13S3/c1-56(89-6)78(102)92-73-33-43-113-76-52-83(4,5)77(100(76)81(73)105)80(104)91-71-15-10-12-60-49-66(25-27-70(60)71)112-47-46-110-44-45-111-54-64-53-99(95-93-64)35-11-16-75(101)98-41-39-96(40-42-98)36-32-63(55-114-67-13-8-7-9-14-67)90-72-28-26-68(50-74(72)115(106,107)84(86,87)88)116(108,109)94-79(103)59-19-23-65(24-20-59)97-37-30-57(31-38-97)48-61-51-82(2,3)34-29-69(61)58-17-21-62(85)22-18-58/h7-9,13-14,17-28,49-50,53,56-57,63,71,73,76-77,89-90H,10-12,15-16,29-48,51-52,54-55H2,1-6H3,(H,91,104)(H,92,102)(H,94,103)/t56-,63+,71+,73-,76-,77+/m0/s1. The van der Waals surface area contributed by atoms with Crippen molar-refractivity contribution in [2.75, 3.05) is 102 Å². The number of nitrogens with one attached hydrogen (secondary N) is 5. The third-order valence-electron chi connectivity index (χ3n) is 23.1. The predicted molar refractivity (Wildman–Crippen MR) is 438 cm³/mol. The van der Waals surface area contributed by atoms with Crippen molar-refractivity contribution in [2.45, 2.75) is 194 Å². The SMILES string of the molecule is CN[C@@H](C)C(=O)N[C@H]1CCO[C@H]2CC(C)(C)[C@@H](C(=O)N[C@@H]3CCCc4cc(OCCOCCOCc5cn(CCCC(=O)N6CCN(CC[C@H](CSc7ccccc7)Nc7ccc(S(=O)(=O)NC(=O)c8ccc(N9CCC(CC%10=C(c%11ccc(Cl)cc%11)CCC(C)(C)C%10)CC9)cc8)cc7S(=O)(=O)C(F)(F)F)CC6)nn5)ccc43)N2C1=O. The molecular formula is C84H108ClF3N12O13S3. The van der Waals surface area contributed by atoms with Gasteiger partial charge in [-0.1, -0.05) is 86.5 Å². The second-order valence-electron chi connectivity index (χ2n) is 32.6. The van der Waals surface area contributed by atoms with Crippen LogP contribution in [0.25, 0.3) is 5.57 Å². The number of amides is 5. The molecule has 1 aromatic heterocycles. The Labute approximate surface area is 687 Å². The van der Waals surface area contributed by atoms with Gasteiger partial charge in [0, 0.05) is 98.2 Å². The lowest BCUT2D eigenvalue weighted by Gasteiger charge is -2.38. The molecule has 4 aliphatic heterocycles. The molecule has 4 saturated heterocycles. The minimum atomic E-state index is -6.17. The minimum absolute atomic E-state index is 0.0249. The van der Waals surface area contributed by atoms with Crippen LogP contribution in [0.2, 0.25) is 5.02 Å². The maximum absolute atomic E-state index is 14.6. The van der Waals surface area contributed by atoms with Gasteiger partial charge in [-0.25, -0.2) is 21.6 Å². The van der Waals surface area contributed by atoms with Gasteiger partial charge >= 0.3 is 5.51 Å². The molecule has 5 N–H and O–H groups in total. The van der Waals surface area contributed by atoms with Gasteiger partial charge in [0.1, 0.15) is 41.3 Å². The highest BCUT2D eigenvalue weighted by Crippen LogP contribution is 2.47. The van der Waals surface area contributed by atoms with Crippen molar-refractivity contribution in [2.24, 2.45) is 16.7 Å². The van der Waals surface area contributed by atoms with Crippen molar-refractivity contribution in [1.29, 1.82) is 0 Å². The molecule has 6 aromatic rings. The molecule has 32 heteroatoms. The monoisotopic (exact) mass is 1680 g/mol. The van der Waals surface area contributed by atoms with E-state index in [1.54, 1.807) is 46.8 Å². The van der Waals surface area contributed by atoms with Crippen molar-refractivity contribution < 1.29 is 72.9 Å². The second kappa shape index (κ2) is 38.7. The molecule has 4 fully saturated rings. The van der Waals surface area contributed by atoms with Crippen LogP contribution in [-0.2, 0) is 72.8 Å². The van der Waals surface area contributed by atoms with Gasteiger partial charge in [0.25, 0.3) is 25.8 Å². The van der Waals surface area contributed by atoms with Crippen molar-refractivity contribution in [3.63, 3.8) is 0 Å². The number of carbonyl (C=O) groups excluding carboxylic acids is 5. The number of aromatic nitrogens is 3. The number of allylic oxidation sites excluding steroid dienone is 2. The van der Waals surface area contributed by atoms with E-state index in [9.17, 15) is 54.0 Å². The second-order valence-corrected chi connectivity index (χ2v) is 37.7. The number of fused-ring (bicyclic) bond motifs is 2. The first-order valence-electron chi connectivity index (χ1n) is 40.2. The van der Waals surface area contributed by atoms with E-state index in [0.717, 1.165) is 105 Å². The van der Waals surface area contributed by atoms with Gasteiger partial charge < -0.3 is 54.9 Å². The highest BCUT2D eigenvalue weighted by Gasteiger charge is 2.56. The summed E-state index contributed by atoms with van der Waals surface area (Å²) < 4.78 is 126. The number of likely N-dealkylation sites (N-methyl/N-ethyl adjacent to an activating group) is 1. The number of nitrogens with zero attached hydrogens (tertiary/aromatic N) is 7. The molecule has 0 bridgehead atoms. The molecule has 25 nitrogen and oxygen atoms in total. The molecule has 6 aliphatic rings.